The average molecular weight is 1170 g/mol. The molecule has 0 saturated carbocycles. The summed E-state index contributed by atoms with van der Waals surface area (Å²) in [4.78, 5) is 4.22. The van der Waals surface area contributed by atoms with Crippen LogP contribution in [0.3, 0.4) is 0 Å². The Morgan fingerprint density at radius 1 is 0.266 bits per heavy atom. The minimum absolute atomic E-state index is 0.0460. The van der Waals surface area contributed by atoms with E-state index in [0.29, 0.717) is 0 Å². The molecule has 0 nitrogen and oxygen atoms in total. The SMILES string of the molecule is Cc1cc(C)c([S+](c2ccccc2)c2ccccc2)c(C)c1.FC(F)(F)c1cc([B-](c2cc(C(F)(F)F)cc(C(F)(F)F)c2)(c2cc(C(F)(F)F)cc(C(F)(F)F)c2)c2cc(C(F)(F)F)cc(C(F)(F)F)c2)cc(C(F)(F)F)c1. The topological polar surface area (TPSA) is 0 Å². The van der Waals surface area contributed by atoms with Crippen molar-refractivity contribution in [2.24, 2.45) is 0 Å². The zero-order valence-corrected chi connectivity index (χ0v) is 40.7. The van der Waals surface area contributed by atoms with Crippen molar-refractivity contribution in [1.82, 2.24) is 0 Å². The molecule has 0 N–H and O–H groups in total. The summed E-state index contributed by atoms with van der Waals surface area (Å²) in [7, 11) is -0.0460. The number of aryl methyl sites for hydroxylation is 3. The fourth-order valence-corrected chi connectivity index (χ4v) is 11.4. The molecular formula is C53H33BF24S. The van der Waals surface area contributed by atoms with E-state index in [1.54, 1.807) is 0 Å². The molecule has 26 heteroatoms. The third-order valence-electron chi connectivity index (χ3n) is 12.2. The Morgan fingerprint density at radius 2 is 0.456 bits per heavy atom. The lowest BCUT2D eigenvalue weighted by Gasteiger charge is -2.46. The lowest BCUT2D eigenvalue weighted by atomic mass is 9.12. The standard InChI is InChI=1S/C32H12BF24.C21H21S/c34-25(35,36)13-1-14(26(37,38)39)6-21(5-13)33(22-7-15(27(40,41)42)2-16(8-22)28(43,44)45,23-9-17(29(46,47)48)3-18(10-23)30(49,50)51)24-11-19(31(52,53)54)4-20(12-24)32(55,56)57;1-16-14-17(2)21(18(3)15-16)22(19-10-6-4-7-11-19)20-12-8-5-9-13-20/h1-12H;4-15H,1-3H3/q-1;+1. The average Bonchev–Trinajstić information content (AvgIpc) is 3.37. The van der Waals surface area contributed by atoms with Crippen LogP contribution >= 0.6 is 0 Å². The number of rotatable bonds is 7. The van der Waals surface area contributed by atoms with E-state index >= 15 is 0 Å². The molecule has 422 valence electrons. The summed E-state index contributed by atoms with van der Waals surface area (Å²) in [5.74, 6) is 0. The highest BCUT2D eigenvalue weighted by Gasteiger charge is 2.47. The minimum Gasteiger partial charge on any atom is -0.194 e. The lowest BCUT2D eigenvalue weighted by Crippen LogP contribution is -2.75. The van der Waals surface area contributed by atoms with Crippen molar-refractivity contribution in [3.8, 4) is 0 Å². The first-order chi connectivity index (χ1) is 35.9. The monoisotopic (exact) mass is 1170 g/mol. The van der Waals surface area contributed by atoms with E-state index in [9.17, 15) is 105 Å². The van der Waals surface area contributed by atoms with Gasteiger partial charge in [0.15, 0.2) is 14.7 Å². The van der Waals surface area contributed by atoms with Crippen LogP contribution in [0, 0.1) is 20.8 Å². The molecule has 7 aromatic rings. The predicted molar refractivity (Wildman–Crippen MR) is 246 cm³/mol. The van der Waals surface area contributed by atoms with Crippen molar-refractivity contribution in [1.29, 1.82) is 0 Å². The van der Waals surface area contributed by atoms with Gasteiger partial charge in [-0.15, -0.1) is 0 Å². The second-order valence-corrected chi connectivity index (χ2v) is 19.8. The maximum absolute atomic E-state index is 14.2. The summed E-state index contributed by atoms with van der Waals surface area (Å²) in [5, 5.41) is 0. The van der Waals surface area contributed by atoms with Crippen LogP contribution in [0.1, 0.15) is 61.2 Å². The number of hydrogen-bond donors (Lipinski definition) is 0. The van der Waals surface area contributed by atoms with Gasteiger partial charge in [0.2, 0.25) is 0 Å². The fraction of sp³-hybridized carbons (Fsp3) is 0.208. The first kappa shape index (κ1) is 61.5. The summed E-state index contributed by atoms with van der Waals surface area (Å²) >= 11 is 0. The zero-order chi connectivity index (χ0) is 59.4. The summed E-state index contributed by atoms with van der Waals surface area (Å²) in [6, 6.07) is 17.5. The summed E-state index contributed by atoms with van der Waals surface area (Å²) in [5.41, 5.74) is -26.1. The third kappa shape index (κ3) is 13.8. The van der Waals surface area contributed by atoms with Gasteiger partial charge in [-0.2, -0.15) is 127 Å². The molecule has 0 radical (unpaired) electrons. The number of benzene rings is 7. The largest absolute Gasteiger partial charge is 0.416 e. The van der Waals surface area contributed by atoms with Crippen LogP contribution < -0.4 is 21.9 Å². The van der Waals surface area contributed by atoms with E-state index in [1.807, 2.05) is 0 Å². The Morgan fingerprint density at radius 3 is 0.633 bits per heavy atom. The molecule has 0 aliphatic heterocycles. The smallest absolute Gasteiger partial charge is 0.194 e. The van der Waals surface area contributed by atoms with Gasteiger partial charge < -0.3 is 0 Å². The van der Waals surface area contributed by atoms with Crippen LogP contribution in [0.15, 0.2) is 160 Å². The maximum atomic E-state index is 14.2. The van der Waals surface area contributed by atoms with Gasteiger partial charge in [-0.1, -0.05) is 103 Å². The van der Waals surface area contributed by atoms with Gasteiger partial charge in [0.1, 0.15) is 6.15 Å². The molecule has 7 rings (SSSR count). The van der Waals surface area contributed by atoms with E-state index in [2.05, 4.69) is 93.6 Å². The highest BCUT2D eigenvalue weighted by atomic mass is 32.2. The second kappa shape index (κ2) is 21.4. The van der Waals surface area contributed by atoms with Gasteiger partial charge in [-0.3, -0.25) is 0 Å². The van der Waals surface area contributed by atoms with Gasteiger partial charge in [-0.05, 0) is 69.3 Å². The highest BCUT2D eigenvalue weighted by Crippen LogP contribution is 2.42. The Kier molecular flexibility index (Phi) is 16.6. The number of hydrogen-bond acceptors (Lipinski definition) is 0. The number of halogens is 24. The minimum atomic E-state index is -6.13. The Hall–Kier alpha value is -6.73. The van der Waals surface area contributed by atoms with Crippen molar-refractivity contribution < 1.29 is 105 Å². The molecule has 0 unspecified atom stereocenters. The van der Waals surface area contributed by atoms with Gasteiger partial charge in [-0.25, -0.2) is 0 Å². The highest BCUT2D eigenvalue weighted by molar-refractivity contribution is 7.97. The molecule has 0 atom stereocenters. The molecule has 0 bridgehead atoms. The second-order valence-electron chi connectivity index (χ2n) is 17.9. The molecule has 79 heavy (non-hydrogen) atoms. The Bertz CT molecular complexity index is 2810. The van der Waals surface area contributed by atoms with Gasteiger partial charge >= 0.3 is 49.4 Å². The Labute approximate surface area is 435 Å². The van der Waals surface area contributed by atoms with Crippen molar-refractivity contribution in [2.45, 2.75) is 84.9 Å². The van der Waals surface area contributed by atoms with Crippen LogP contribution in [0.5, 0.6) is 0 Å². The van der Waals surface area contributed by atoms with Crippen LogP contribution in [-0.4, -0.2) is 6.15 Å². The summed E-state index contributed by atoms with van der Waals surface area (Å²) in [6.45, 7) is 6.65. The van der Waals surface area contributed by atoms with Gasteiger partial charge in [0, 0.05) is 11.1 Å². The van der Waals surface area contributed by atoms with E-state index in [0.717, 1.165) is 0 Å². The summed E-state index contributed by atoms with van der Waals surface area (Å²) in [6.07, 6.45) is -54.8. The van der Waals surface area contributed by atoms with Crippen LogP contribution in [-0.2, 0) is 60.3 Å². The third-order valence-corrected chi connectivity index (χ3v) is 14.7. The van der Waals surface area contributed by atoms with Crippen molar-refractivity contribution in [2.75, 3.05) is 0 Å². The van der Waals surface area contributed by atoms with Crippen LogP contribution in [0.4, 0.5) is 105 Å². The Balaban J connectivity index is 0.000000378. The predicted octanol–water partition coefficient (Wildman–Crippen LogP) is 16.9. The van der Waals surface area contributed by atoms with Crippen molar-refractivity contribution >= 4 is 38.9 Å². The van der Waals surface area contributed by atoms with Crippen molar-refractivity contribution in [3.63, 3.8) is 0 Å². The summed E-state index contributed by atoms with van der Waals surface area (Å²) < 4.78 is 341. The first-order valence-electron chi connectivity index (χ1n) is 22.2. The molecular weight excluding hydrogens is 1140 g/mol. The molecule has 0 heterocycles. The molecule has 0 fully saturated rings. The van der Waals surface area contributed by atoms with Crippen molar-refractivity contribution in [3.05, 3.63) is 207 Å². The molecule has 0 aromatic heterocycles. The molecule has 0 amide bonds. The van der Waals surface area contributed by atoms with E-state index < -0.39 is 195 Å². The molecule has 0 spiro atoms. The van der Waals surface area contributed by atoms with Gasteiger partial charge in [0.25, 0.3) is 0 Å². The van der Waals surface area contributed by atoms with E-state index in [-0.39, 0.29) is 10.9 Å². The van der Waals surface area contributed by atoms with E-state index in [1.165, 1.54) is 31.4 Å². The van der Waals surface area contributed by atoms with Crippen LogP contribution in [0.25, 0.3) is 0 Å². The lowest BCUT2D eigenvalue weighted by molar-refractivity contribution is -0.144. The maximum Gasteiger partial charge on any atom is 0.416 e. The quantitative estimate of drug-likeness (QED) is 0.0848. The van der Waals surface area contributed by atoms with E-state index in [4.69, 9.17) is 0 Å². The normalized spacial score (nSPS) is 13.4. The molecule has 0 aliphatic rings. The first-order valence-corrected chi connectivity index (χ1v) is 23.4. The van der Waals surface area contributed by atoms with Gasteiger partial charge in [0.05, 0.1) is 55.4 Å². The number of alkyl halides is 24. The molecule has 7 aromatic carbocycles. The fourth-order valence-electron chi connectivity index (χ4n) is 9.04. The van der Waals surface area contributed by atoms with Crippen LogP contribution in [0.2, 0.25) is 0 Å². The molecule has 0 aliphatic carbocycles. The zero-order valence-electron chi connectivity index (χ0n) is 39.9. The molecule has 0 saturated heterocycles.